The second kappa shape index (κ2) is 11.3. The Balaban J connectivity index is 1.69. The van der Waals surface area contributed by atoms with E-state index in [0.717, 1.165) is 11.3 Å². The third-order valence-electron chi connectivity index (χ3n) is 6.65. The molecule has 1 fully saturated rings. The summed E-state index contributed by atoms with van der Waals surface area (Å²) in [7, 11) is 2.78. The van der Waals surface area contributed by atoms with E-state index in [1.54, 1.807) is 68.4 Å². The Morgan fingerprint density at radius 1 is 0.927 bits per heavy atom. The SMILES string of the molecule is COC(=O)c1sc(N2C(=O)C(=O)C(=C(O)c3ccc(OC)cc3C)[C@H]2c2cccc(Oc3ccccc3)c2)nc1C. The predicted octanol–water partition coefficient (Wildman–Crippen LogP) is 5.97. The summed E-state index contributed by atoms with van der Waals surface area (Å²) < 4.78 is 16.1. The van der Waals surface area contributed by atoms with Crippen molar-refractivity contribution < 1.29 is 33.7 Å². The molecule has 0 bridgehead atoms. The number of aliphatic hydroxyl groups is 1. The van der Waals surface area contributed by atoms with Crippen LogP contribution in [0.3, 0.4) is 0 Å². The lowest BCUT2D eigenvalue weighted by atomic mass is 9.94. The zero-order valence-corrected chi connectivity index (χ0v) is 23.5. The van der Waals surface area contributed by atoms with Gasteiger partial charge >= 0.3 is 11.9 Å². The van der Waals surface area contributed by atoms with Crippen molar-refractivity contribution in [1.82, 2.24) is 4.98 Å². The average Bonchev–Trinajstić information content (AvgIpc) is 3.49. The molecule has 1 N–H and O–H groups in total. The van der Waals surface area contributed by atoms with E-state index in [-0.39, 0.29) is 21.3 Å². The number of anilines is 1. The predicted molar refractivity (Wildman–Crippen MR) is 154 cm³/mol. The first-order chi connectivity index (χ1) is 19.7. The number of methoxy groups -OCH3 is 2. The van der Waals surface area contributed by atoms with Crippen molar-refractivity contribution in [3.8, 4) is 17.2 Å². The molecule has 1 amide bonds. The number of Topliss-reactive ketones (excluding diaryl/α,β-unsaturated/α-hetero) is 1. The molecule has 1 aromatic heterocycles. The number of aliphatic hydroxyl groups excluding tert-OH is 1. The topological polar surface area (TPSA) is 115 Å². The highest BCUT2D eigenvalue weighted by atomic mass is 32.1. The molecule has 208 valence electrons. The van der Waals surface area contributed by atoms with Gasteiger partial charge in [-0.3, -0.25) is 14.5 Å². The van der Waals surface area contributed by atoms with Gasteiger partial charge in [-0.1, -0.05) is 41.7 Å². The standard InChI is InChI=1S/C31H26N2O7S/c1-17-15-21(38-3)13-14-23(17)26(34)24-25(19-9-8-12-22(16-19)40-20-10-6-5-7-11-20)33(29(36)27(24)35)31-32-18(2)28(41-31)30(37)39-4/h5-16,25,34H,1-4H3/t25-/m1/s1. The number of benzene rings is 3. The molecule has 3 aromatic carbocycles. The molecule has 1 atom stereocenters. The third kappa shape index (κ3) is 5.17. The first-order valence-corrected chi connectivity index (χ1v) is 13.4. The van der Waals surface area contributed by atoms with Crippen molar-refractivity contribution in [3.05, 3.63) is 106 Å². The molecule has 41 heavy (non-hydrogen) atoms. The number of thiazole rings is 1. The van der Waals surface area contributed by atoms with Crippen LogP contribution in [0.1, 0.15) is 38.1 Å². The molecule has 1 aliphatic rings. The number of hydrogen-bond acceptors (Lipinski definition) is 9. The minimum Gasteiger partial charge on any atom is -0.507 e. The number of aryl methyl sites for hydroxylation is 2. The largest absolute Gasteiger partial charge is 0.507 e. The number of rotatable bonds is 7. The number of carbonyl (C=O) groups excluding carboxylic acids is 3. The molecule has 0 saturated carbocycles. The Morgan fingerprint density at radius 3 is 2.34 bits per heavy atom. The van der Waals surface area contributed by atoms with E-state index in [0.29, 0.717) is 39.6 Å². The molecular formula is C31H26N2O7S. The molecule has 2 heterocycles. The Labute approximate surface area is 240 Å². The highest BCUT2D eigenvalue weighted by Crippen LogP contribution is 2.45. The summed E-state index contributed by atoms with van der Waals surface area (Å²) in [5.74, 6) is -1.07. The van der Waals surface area contributed by atoms with Crippen molar-refractivity contribution >= 4 is 39.9 Å². The molecule has 4 aromatic rings. The average molecular weight is 571 g/mol. The van der Waals surface area contributed by atoms with E-state index in [1.165, 1.54) is 19.1 Å². The summed E-state index contributed by atoms with van der Waals surface area (Å²) in [6, 6.07) is 20.0. The third-order valence-corrected chi connectivity index (χ3v) is 7.78. The van der Waals surface area contributed by atoms with E-state index < -0.39 is 23.7 Å². The zero-order chi connectivity index (χ0) is 29.3. The lowest BCUT2D eigenvalue weighted by molar-refractivity contribution is -0.132. The molecule has 0 unspecified atom stereocenters. The number of hydrogen-bond donors (Lipinski definition) is 1. The monoisotopic (exact) mass is 570 g/mol. The number of carbonyl (C=O) groups is 3. The van der Waals surface area contributed by atoms with Crippen LogP contribution in [0.4, 0.5) is 5.13 Å². The van der Waals surface area contributed by atoms with Gasteiger partial charge in [0, 0.05) is 5.56 Å². The fraction of sp³-hybridized carbons (Fsp3) is 0.161. The van der Waals surface area contributed by atoms with Crippen LogP contribution in [-0.4, -0.2) is 42.0 Å². The number of esters is 1. The Hall–Kier alpha value is -4.96. The summed E-state index contributed by atoms with van der Waals surface area (Å²) >= 11 is 0.933. The number of amides is 1. The fourth-order valence-electron chi connectivity index (χ4n) is 4.66. The van der Waals surface area contributed by atoms with Gasteiger partial charge in [0.1, 0.15) is 27.9 Å². The van der Waals surface area contributed by atoms with Crippen molar-refractivity contribution in [2.24, 2.45) is 0 Å². The summed E-state index contributed by atoms with van der Waals surface area (Å²) in [6.45, 7) is 3.39. The summed E-state index contributed by atoms with van der Waals surface area (Å²) in [4.78, 5) is 45.4. The van der Waals surface area contributed by atoms with Gasteiger partial charge < -0.3 is 19.3 Å². The van der Waals surface area contributed by atoms with E-state index in [1.807, 2.05) is 18.2 Å². The van der Waals surface area contributed by atoms with Crippen LogP contribution in [0.25, 0.3) is 5.76 Å². The summed E-state index contributed by atoms with van der Waals surface area (Å²) in [5.41, 5.74) is 1.75. The van der Waals surface area contributed by atoms with Crippen molar-refractivity contribution in [2.75, 3.05) is 19.1 Å². The maximum atomic E-state index is 13.6. The molecule has 1 aliphatic heterocycles. The van der Waals surface area contributed by atoms with Gasteiger partial charge in [0.2, 0.25) is 0 Å². The van der Waals surface area contributed by atoms with Crippen LogP contribution in [0.2, 0.25) is 0 Å². The Kier molecular flexibility index (Phi) is 7.58. The second-order valence-electron chi connectivity index (χ2n) is 9.24. The van der Waals surface area contributed by atoms with E-state index in [4.69, 9.17) is 14.2 Å². The molecule has 5 rings (SSSR count). The summed E-state index contributed by atoms with van der Waals surface area (Å²) in [6.07, 6.45) is 0. The number of ketones is 1. The number of nitrogens with zero attached hydrogens (tertiary/aromatic N) is 2. The minimum absolute atomic E-state index is 0.118. The van der Waals surface area contributed by atoms with Crippen LogP contribution in [-0.2, 0) is 14.3 Å². The van der Waals surface area contributed by atoms with Crippen LogP contribution in [0.15, 0.2) is 78.4 Å². The second-order valence-corrected chi connectivity index (χ2v) is 10.2. The van der Waals surface area contributed by atoms with E-state index in [2.05, 4.69) is 4.98 Å². The number of ether oxygens (including phenoxy) is 3. The van der Waals surface area contributed by atoms with Gasteiger partial charge in [-0.15, -0.1) is 0 Å². The van der Waals surface area contributed by atoms with E-state index in [9.17, 15) is 19.5 Å². The van der Waals surface area contributed by atoms with Gasteiger partial charge in [-0.2, -0.15) is 0 Å². The normalized spacial score (nSPS) is 16.1. The molecule has 0 radical (unpaired) electrons. The zero-order valence-electron chi connectivity index (χ0n) is 22.7. The molecule has 9 nitrogen and oxygen atoms in total. The smallest absolute Gasteiger partial charge is 0.350 e. The number of para-hydroxylation sites is 1. The molecule has 10 heteroatoms. The first kappa shape index (κ1) is 27.6. The quantitative estimate of drug-likeness (QED) is 0.125. The minimum atomic E-state index is -1.06. The van der Waals surface area contributed by atoms with Crippen LogP contribution >= 0.6 is 11.3 Å². The molecule has 0 spiro atoms. The molecule has 1 saturated heterocycles. The highest BCUT2D eigenvalue weighted by Gasteiger charge is 2.48. The lowest BCUT2D eigenvalue weighted by Crippen LogP contribution is -2.29. The number of aromatic nitrogens is 1. The van der Waals surface area contributed by atoms with Gasteiger partial charge in [-0.05, 0) is 67.4 Å². The maximum Gasteiger partial charge on any atom is 0.350 e. The van der Waals surface area contributed by atoms with Crippen LogP contribution in [0.5, 0.6) is 17.2 Å². The van der Waals surface area contributed by atoms with Gasteiger partial charge in [0.25, 0.3) is 5.78 Å². The van der Waals surface area contributed by atoms with Crippen molar-refractivity contribution in [2.45, 2.75) is 19.9 Å². The lowest BCUT2D eigenvalue weighted by Gasteiger charge is -2.23. The molecule has 0 aliphatic carbocycles. The van der Waals surface area contributed by atoms with E-state index >= 15 is 0 Å². The first-order valence-electron chi connectivity index (χ1n) is 12.6. The Morgan fingerprint density at radius 2 is 1.66 bits per heavy atom. The van der Waals surface area contributed by atoms with Gasteiger partial charge in [0.15, 0.2) is 5.13 Å². The summed E-state index contributed by atoms with van der Waals surface area (Å²) in [5, 5.41) is 11.7. The maximum absolute atomic E-state index is 13.6. The van der Waals surface area contributed by atoms with Crippen molar-refractivity contribution in [3.63, 3.8) is 0 Å². The fourth-order valence-corrected chi connectivity index (χ4v) is 5.67. The highest BCUT2D eigenvalue weighted by molar-refractivity contribution is 7.17. The van der Waals surface area contributed by atoms with Crippen LogP contribution in [0, 0.1) is 13.8 Å². The Bertz CT molecular complexity index is 1690. The van der Waals surface area contributed by atoms with Gasteiger partial charge in [-0.25, -0.2) is 9.78 Å². The van der Waals surface area contributed by atoms with Gasteiger partial charge in [0.05, 0.1) is 31.5 Å². The van der Waals surface area contributed by atoms with Crippen molar-refractivity contribution in [1.29, 1.82) is 0 Å². The molecular weight excluding hydrogens is 544 g/mol. The van der Waals surface area contributed by atoms with Crippen LogP contribution < -0.4 is 14.4 Å².